The van der Waals surface area contributed by atoms with E-state index in [2.05, 4.69) is 5.32 Å². The molecule has 1 fully saturated rings. The molecule has 1 aliphatic rings. The van der Waals surface area contributed by atoms with Crippen LogP contribution in [0.3, 0.4) is 0 Å². The molecule has 17 heavy (non-hydrogen) atoms. The third-order valence-electron chi connectivity index (χ3n) is 3.12. The van der Waals surface area contributed by atoms with Crippen LogP contribution < -0.4 is 5.32 Å². The second kappa shape index (κ2) is 4.96. The summed E-state index contributed by atoms with van der Waals surface area (Å²) >= 11 is 5.92. The molecule has 0 saturated heterocycles. The fourth-order valence-electron chi connectivity index (χ4n) is 1.75. The molecule has 0 bridgehead atoms. The molecule has 0 unspecified atom stereocenters. The van der Waals surface area contributed by atoms with Gasteiger partial charge in [0.05, 0.1) is 6.54 Å². The zero-order chi connectivity index (χ0) is 12.4. The lowest BCUT2D eigenvalue weighted by Crippen LogP contribution is -2.33. The Balaban J connectivity index is 1.92. The van der Waals surface area contributed by atoms with Crippen LogP contribution in [-0.2, 0) is 4.79 Å². The Bertz CT molecular complexity index is 429. The summed E-state index contributed by atoms with van der Waals surface area (Å²) in [5.74, 6) is 0.131. The minimum absolute atomic E-state index is 0.131. The van der Waals surface area contributed by atoms with Crippen LogP contribution in [0.1, 0.15) is 18.4 Å². The van der Waals surface area contributed by atoms with Gasteiger partial charge in [0.2, 0.25) is 5.91 Å². The second-order valence-corrected chi connectivity index (χ2v) is 4.99. The maximum absolute atomic E-state index is 11.8. The summed E-state index contributed by atoms with van der Waals surface area (Å²) in [5.41, 5.74) is 2.02. The molecule has 2 rings (SSSR count). The van der Waals surface area contributed by atoms with Gasteiger partial charge in [-0.05, 0) is 37.5 Å². The molecule has 0 aromatic heterocycles. The van der Waals surface area contributed by atoms with Gasteiger partial charge in [-0.3, -0.25) is 4.79 Å². The van der Waals surface area contributed by atoms with E-state index >= 15 is 0 Å². The predicted octanol–water partition coefficient (Wildman–Crippen LogP) is 2.68. The molecule has 0 heterocycles. The average Bonchev–Trinajstić information content (AvgIpc) is 3.13. The van der Waals surface area contributed by atoms with Crippen molar-refractivity contribution in [3.05, 3.63) is 28.8 Å². The first-order valence-corrected chi connectivity index (χ1v) is 6.21. The maximum Gasteiger partial charge on any atom is 0.241 e. The van der Waals surface area contributed by atoms with Gasteiger partial charge in [-0.15, -0.1) is 0 Å². The minimum Gasteiger partial charge on any atom is -0.376 e. The number of hydrogen-bond acceptors (Lipinski definition) is 2. The molecule has 3 nitrogen and oxygen atoms in total. The predicted molar refractivity (Wildman–Crippen MR) is 70.5 cm³/mol. The van der Waals surface area contributed by atoms with Crippen molar-refractivity contribution in [1.29, 1.82) is 0 Å². The molecule has 0 radical (unpaired) electrons. The van der Waals surface area contributed by atoms with Crippen LogP contribution >= 0.6 is 11.6 Å². The van der Waals surface area contributed by atoms with Gasteiger partial charge in [-0.1, -0.05) is 17.7 Å². The zero-order valence-corrected chi connectivity index (χ0v) is 10.9. The van der Waals surface area contributed by atoms with Crippen molar-refractivity contribution in [2.45, 2.75) is 25.8 Å². The lowest BCUT2D eigenvalue weighted by molar-refractivity contribution is -0.128. The van der Waals surface area contributed by atoms with Crippen molar-refractivity contribution >= 4 is 23.2 Å². The van der Waals surface area contributed by atoms with Crippen LogP contribution in [-0.4, -0.2) is 30.4 Å². The van der Waals surface area contributed by atoms with Gasteiger partial charge in [-0.2, -0.15) is 0 Å². The van der Waals surface area contributed by atoms with Crippen molar-refractivity contribution in [3.63, 3.8) is 0 Å². The second-order valence-electron chi connectivity index (χ2n) is 4.55. The Morgan fingerprint density at radius 1 is 1.53 bits per heavy atom. The third-order valence-corrected chi connectivity index (χ3v) is 3.35. The quantitative estimate of drug-likeness (QED) is 0.894. The number of nitrogens with one attached hydrogen (secondary N) is 1. The molecule has 92 valence electrons. The monoisotopic (exact) mass is 252 g/mol. The van der Waals surface area contributed by atoms with Crippen LogP contribution in [0.2, 0.25) is 5.02 Å². The van der Waals surface area contributed by atoms with E-state index in [1.807, 2.05) is 37.1 Å². The van der Waals surface area contributed by atoms with E-state index < -0.39 is 0 Å². The Morgan fingerprint density at radius 2 is 2.24 bits per heavy atom. The van der Waals surface area contributed by atoms with Gasteiger partial charge in [0.1, 0.15) is 0 Å². The summed E-state index contributed by atoms with van der Waals surface area (Å²) < 4.78 is 0. The molecule has 1 saturated carbocycles. The zero-order valence-electron chi connectivity index (χ0n) is 10.2. The fraction of sp³-hybridized carbons (Fsp3) is 0.462. The Labute approximate surface area is 107 Å². The summed E-state index contributed by atoms with van der Waals surface area (Å²) in [6, 6.07) is 6.10. The highest BCUT2D eigenvalue weighted by atomic mass is 35.5. The maximum atomic E-state index is 11.8. The first-order chi connectivity index (χ1) is 8.08. The first-order valence-electron chi connectivity index (χ1n) is 5.83. The van der Waals surface area contributed by atoms with Crippen LogP contribution in [0.15, 0.2) is 18.2 Å². The van der Waals surface area contributed by atoms with Crippen molar-refractivity contribution in [2.24, 2.45) is 0 Å². The average molecular weight is 253 g/mol. The number of carbonyl (C=O) groups excluding carboxylic acids is 1. The van der Waals surface area contributed by atoms with Crippen molar-refractivity contribution < 1.29 is 4.79 Å². The van der Waals surface area contributed by atoms with E-state index in [-0.39, 0.29) is 5.91 Å². The third kappa shape index (κ3) is 3.13. The van der Waals surface area contributed by atoms with Gasteiger partial charge in [0.25, 0.3) is 0 Å². The van der Waals surface area contributed by atoms with Gasteiger partial charge in [0, 0.05) is 23.8 Å². The van der Waals surface area contributed by atoms with Crippen LogP contribution in [0.25, 0.3) is 0 Å². The number of benzene rings is 1. The van der Waals surface area contributed by atoms with E-state index in [0.29, 0.717) is 17.6 Å². The standard InChI is InChI=1S/C13H17ClN2O/c1-9-3-4-10(14)7-12(9)15-8-13(17)16(2)11-5-6-11/h3-4,7,11,15H,5-6,8H2,1-2H3. The summed E-state index contributed by atoms with van der Waals surface area (Å²) in [4.78, 5) is 13.7. The number of anilines is 1. The molecular weight excluding hydrogens is 236 g/mol. The van der Waals surface area contributed by atoms with Gasteiger partial charge in [-0.25, -0.2) is 0 Å². The van der Waals surface area contributed by atoms with Gasteiger partial charge < -0.3 is 10.2 Å². The lowest BCUT2D eigenvalue weighted by Gasteiger charge is -2.17. The molecule has 1 N–H and O–H groups in total. The molecule has 1 aliphatic carbocycles. The number of likely N-dealkylation sites (N-methyl/N-ethyl adjacent to an activating group) is 1. The number of aryl methyl sites for hydroxylation is 1. The summed E-state index contributed by atoms with van der Waals surface area (Å²) in [5, 5.41) is 3.82. The summed E-state index contributed by atoms with van der Waals surface area (Å²) in [6.45, 7) is 2.32. The molecular formula is C13H17ClN2O. The number of nitrogens with zero attached hydrogens (tertiary/aromatic N) is 1. The van der Waals surface area contributed by atoms with Crippen molar-refractivity contribution in [2.75, 3.05) is 18.9 Å². The Hall–Kier alpha value is -1.22. The Kier molecular flexibility index (Phi) is 3.57. The first kappa shape index (κ1) is 12.2. The summed E-state index contributed by atoms with van der Waals surface area (Å²) in [6.07, 6.45) is 2.27. The summed E-state index contributed by atoms with van der Waals surface area (Å²) in [7, 11) is 1.87. The van der Waals surface area contributed by atoms with E-state index in [4.69, 9.17) is 11.6 Å². The highest BCUT2D eigenvalue weighted by Gasteiger charge is 2.29. The fourth-order valence-corrected chi connectivity index (χ4v) is 1.92. The molecule has 1 aromatic carbocycles. The largest absolute Gasteiger partial charge is 0.376 e. The van der Waals surface area contributed by atoms with Crippen molar-refractivity contribution in [3.8, 4) is 0 Å². The highest BCUT2D eigenvalue weighted by molar-refractivity contribution is 6.30. The van der Waals surface area contributed by atoms with Crippen LogP contribution in [0.5, 0.6) is 0 Å². The number of amides is 1. The van der Waals surface area contributed by atoms with Gasteiger partial charge >= 0.3 is 0 Å². The van der Waals surface area contributed by atoms with E-state index in [1.165, 1.54) is 0 Å². The SMILES string of the molecule is Cc1ccc(Cl)cc1NCC(=O)N(C)C1CC1. The minimum atomic E-state index is 0.131. The molecule has 1 aromatic rings. The normalized spacial score (nSPS) is 14.5. The topological polar surface area (TPSA) is 32.3 Å². The Morgan fingerprint density at radius 3 is 2.88 bits per heavy atom. The molecule has 0 aliphatic heterocycles. The van der Waals surface area contributed by atoms with Crippen LogP contribution in [0, 0.1) is 6.92 Å². The van der Waals surface area contributed by atoms with E-state index in [1.54, 1.807) is 0 Å². The van der Waals surface area contributed by atoms with Gasteiger partial charge in [0.15, 0.2) is 0 Å². The molecule has 0 atom stereocenters. The highest BCUT2D eigenvalue weighted by Crippen LogP contribution is 2.25. The molecule has 1 amide bonds. The number of carbonyl (C=O) groups is 1. The molecule has 0 spiro atoms. The van der Waals surface area contributed by atoms with Crippen LogP contribution in [0.4, 0.5) is 5.69 Å². The number of rotatable bonds is 4. The lowest BCUT2D eigenvalue weighted by atomic mass is 10.2. The number of halogens is 1. The number of hydrogen-bond donors (Lipinski definition) is 1. The van der Waals surface area contributed by atoms with Crippen molar-refractivity contribution in [1.82, 2.24) is 4.90 Å². The smallest absolute Gasteiger partial charge is 0.241 e. The van der Waals surface area contributed by atoms with E-state index in [0.717, 1.165) is 24.1 Å². The molecule has 4 heteroatoms. The van der Waals surface area contributed by atoms with E-state index in [9.17, 15) is 4.79 Å².